The van der Waals surface area contributed by atoms with Crippen LogP contribution in [0.2, 0.25) is 0 Å². The summed E-state index contributed by atoms with van der Waals surface area (Å²) in [5.41, 5.74) is 5.70. The van der Waals surface area contributed by atoms with Crippen LogP contribution < -0.4 is 11.1 Å². The van der Waals surface area contributed by atoms with Gasteiger partial charge in [0.05, 0.1) is 0 Å². The van der Waals surface area contributed by atoms with Gasteiger partial charge in [0.1, 0.15) is 17.3 Å². The average molecular weight is 212 g/mol. The normalized spacial score (nSPS) is 25.5. The molecule has 0 aliphatic heterocycles. The monoisotopic (exact) mass is 212 g/mol. The number of hydrogen-bond acceptors (Lipinski definition) is 2. The summed E-state index contributed by atoms with van der Waals surface area (Å²) in [4.78, 5) is 0. The Bertz CT molecular complexity index is 334. The third kappa shape index (κ3) is 2.26. The number of anilines is 1. The largest absolute Gasteiger partial charge is 0.378 e. The summed E-state index contributed by atoms with van der Waals surface area (Å²) in [6.07, 6.45) is 2.55. The van der Waals surface area contributed by atoms with Gasteiger partial charge in [-0.05, 0) is 31.4 Å². The molecule has 3 N–H and O–H groups in total. The van der Waals surface area contributed by atoms with Crippen LogP contribution in [0.4, 0.5) is 14.5 Å². The van der Waals surface area contributed by atoms with Gasteiger partial charge in [-0.1, -0.05) is 6.07 Å². The van der Waals surface area contributed by atoms with Crippen molar-refractivity contribution in [2.24, 2.45) is 5.73 Å². The lowest BCUT2D eigenvalue weighted by molar-refractivity contribution is 0.580. The Balaban J connectivity index is 2.10. The fourth-order valence-electron chi connectivity index (χ4n) is 1.99. The Morgan fingerprint density at radius 3 is 2.40 bits per heavy atom. The van der Waals surface area contributed by atoms with Gasteiger partial charge in [0.25, 0.3) is 0 Å². The SMILES string of the molecule is NC1CCC(Nc2c(F)cccc2F)C1. The molecule has 1 aliphatic carbocycles. The lowest BCUT2D eigenvalue weighted by atomic mass is 10.2. The molecule has 0 aromatic heterocycles. The molecule has 1 aromatic rings. The van der Waals surface area contributed by atoms with E-state index in [1.54, 1.807) is 0 Å². The number of benzene rings is 1. The Kier molecular flexibility index (Phi) is 2.86. The van der Waals surface area contributed by atoms with Crippen LogP contribution in [0.1, 0.15) is 19.3 Å². The van der Waals surface area contributed by atoms with E-state index in [1.807, 2.05) is 0 Å². The molecule has 0 heterocycles. The van der Waals surface area contributed by atoms with Crippen molar-refractivity contribution in [1.29, 1.82) is 0 Å². The molecule has 82 valence electrons. The first-order valence-electron chi connectivity index (χ1n) is 5.13. The van der Waals surface area contributed by atoms with Crippen molar-refractivity contribution < 1.29 is 8.78 Å². The smallest absolute Gasteiger partial charge is 0.149 e. The van der Waals surface area contributed by atoms with Gasteiger partial charge in [-0.3, -0.25) is 0 Å². The average Bonchev–Trinajstić information content (AvgIpc) is 2.58. The molecular formula is C11H14F2N2. The van der Waals surface area contributed by atoms with E-state index >= 15 is 0 Å². The van der Waals surface area contributed by atoms with Crippen LogP contribution >= 0.6 is 0 Å². The molecule has 1 fully saturated rings. The van der Waals surface area contributed by atoms with Gasteiger partial charge in [0.2, 0.25) is 0 Å². The van der Waals surface area contributed by atoms with Crippen molar-refractivity contribution in [2.75, 3.05) is 5.32 Å². The summed E-state index contributed by atoms with van der Waals surface area (Å²) in [6.45, 7) is 0. The van der Waals surface area contributed by atoms with E-state index in [-0.39, 0.29) is 17.8 Å². The summed E-state index contributed by atoms with van der Waals surface area (Å²) in [7, 11) is 0. The number of rotatable bonds is 2. The van der Waals surface area contributed by atoms with E-state index < -0.39 is 11.6 Å². The predicted molar refractivity (Wildman–Crippen MR) is 55.6 cm³/mol. The fourth-order valence-corrected chi connectivity index (χ4v) is 1.99. The fraction of sp³-hybridized carbons (Fsp3) is 0.455. The minimum Gasteiger partial charge on any atom is -0.378 e. The van der Waals surface area contributed by atoms with Crippen molar-refractivity contribution in [3.63, 3.8) is 0 Å². The van der Waals surface area contributed by atoms with Gasteiger partial charge in [-0.25, -0.2) is 8.78 Å². The van der Waals surface area contributed by atoms with Crippen molar-refractivity contribution in [3.8, 4) is 0 Å². The minimum absolute atomic E-state index is 0.0309. The third-order valence-corrected chi connectivity index (χ3v) is 2.78. The zero-order valence-corrected chi connectivity index (χ0v) is 8.34. The van der Waals surface area contributed by atoms with E-state index in [2.05, 4.69) is 5.32 Å². The second-order valence-electron chi connectivity index (χ2n) is 4.01. The highest BCUT2D eigenvalue weighted by atomic mass is 19.1. The minimum atomic E-state index is -0.546. The van der Waals surface area contributed by atoms with Gasteiger partial charge in [-0.15, -0.1) is 0 Å². The maximum Gasteiger partial charge on any atom is 0.149 e. The van der Waals surface area contributed by atoms with Crippen molar-refractivity contribution >= 4 is 5.69 Å². The molecule has 1 aromatic carbocycles. The first kappa shape index (κ1) is 10.4. The van der Waals surface area contributed by atoms with Gasteiger partial charge >= 0.3 is 0 Å². The Labute approximate surface area is 87.5 Å². The van der Waals surface area contributed by atoms with Crippen molar-refractivity contribution in [3.05, 3.63) is 29.8 Å². The highest BCUT2D eigenvalue weighted by Crippen LogP contribution is 2.25. The molecule has 0 spiro atoms. The highest BCUT2D eigenvalue weighted by Gasteiger charge is 2.23. The maximum absolute atomic E-state index is 13.3. The van der Waals surface area contributed by atoms with Gasteiger partial charge in [-0.2, -0.15) is 0 Å². The number of nitrogens with one attached hydrogen (secondary N) is 1. The predicted octanol–water partition coefficient (Wildman–Crippen LogP) is 2.26. The summed E-state index contributed by atoms with van der Waals surface area (Å²) >= 11 is 0. The first-order valence-corrected chi connectivity index (χ1v) is 5.13. The topological polar surface area (TPSA) is 38.0 Å². The molecule has 2 unspecified atom stereocenters. The van der Waals surface area contributed by atoms with Gasteiger partial charge in [0, 0.05) is 12.1 Å². The summed E-state index contributed by atoms with van der Waals surface area (Å²) < 4.78 is 26.5. The van der Waals surface area contributed by atoms with Crippen LogP contribution in [-0.4, -0.2) is 12.1 Å². The lowest BCUT2D eigenvalue weighted by Gasteiger charge is -2.14. The van der Waals surface area contributed by atoms with E-state index in [0.29, 0.717) is 0 Å². The second-order valence-corrected chi connectivity index (χ2v) is 4.01. The van der Waals surface area contributed by atoms with Crippen LogP contribution in [0.25, 0.3) is 0 Å². The molecule has 1 aliphatic rings. The Morgan fingerprint density at radius 1 is 1.20 bits per heavy atom. The number of hydrogen-bond donors (Lipinski definition) is 2. The van der Waals surface area contributed by atoms with E-state index in [0.717, 1.165) is 19.3 Å². The molecule has 2 rings (SSSR count). The maximum atomic E-state index is 13.3. The summed E-state index contributed by atoms with van der Waals surface area (Å²) in [6, 6.07) is 4.10. The molecular weight excluding hydrogens is 198 g/mol. The number of nitrogens with two attached hydrogens (primary N) is 1. The van der Waals surface area contributed by atoms with E-state index in [4.69, 9.17) is 5.73 Å². The number of para-hydroxylation sites is 1. The zero-order valence-electron chi connectivity index (χ0n) is 8.34. The highest BCUT2D eigenvalue weighted by molar-refractivity contribution is 5.47. The van der Waals surface area contributed by atoms with Crippen LogP contribution in [0, 0.1) is 11.6 Å². The van der Waals surface area contributed by atoms with Crippen LogP contribution in [0.5, 0.6) is 0 Å². The van der Waals surface area contributed by atoms with Crippen LogP contribution in [-0.2, 0) is 0 Å². The van der Waals surface area contributed by atoms with Gasteiger partial charge < -0.3 is 11.1 Å². The quantitative estimate of drug-likeness (QED) is 0.789. The molecule has 0 radical (unpaired) electrons. The molecule has 15 heavy (non-hydrogen) atoms. The molecule has 0 bridgehead atoms. The third-order valence-electron chi connectivity index (χ3n) is 2.78. The van der Waals surface area contributed by atoms with Crippen molar-refractivity contribution in [1.82, 2.24) is 0 Å². The Hall–Kier alpha value is -1.16. The van der Waals surface area contributed by atoms with Crippen LogP contribution in [0.3, 0.4) is 0 Å². The summed E-state index contributed by atoms with van der Waals surface area (Å²) in [5, 5.41) is 2.88. The molecule has 2 atom stereocenters. The Morgan fingerprint density at radius 2 is 1.87 bits per heavy atom. The van der Waals surface area contributed by atoms with Crippen LogP contribution in [0.15, 0.2) is 18.2 Å². The standard InChI is InChI=1S/C11H14F2N2/c12-9-2-1-3-10(13)11(9)15-8-5-4-7(14)6-8/h1-3,7-8,15H,4-6,14H2. The second kappa shape index (κ2) is 4.14. The zero-order chi connectivity index (χ0) is 10.8. The molecule has 0 saturated heterocycles. The van der Waals surface area contributed by atoms with E-state index in [9.17, 15) is 8.78 Å². The van der Waals surface area contributed by atoms with Gasteiger partial charge in [0.15, 0.2) is 0 Å². The van der Waals surface area contributed by atoms with Crippen molar-refractivity contribution in [2.45, 2.75) is 31.3 Å². The summed E-state index contributed by atoms with van der Waals surface area (Å²) in [5.74, 6) is -1.09. The molecule has 4 heteroatoms. The van der Waals surface area contributed by atoms with E-state index in [1.165, 1.54) is 18.2 Å². The first-order chi connectivity index (χ1) is 7.16. The molecule has 2 nitrogen and oxygen atoms in total. The number of halogens is 2. The molecule has 1 saturated carbocycles. The molecule has 0 amide bonds. The lowest BCUT2D eigenvalue weighted by Crippen LogP contribution is -2.21.